The molecule has 0 spiro atoms. The van der Waals surface area contributed by atoms with Gasteiger partial charge in [0, 0.05) is 22.4 Å². The van der Waals surface area contributed by atoms with Crippen molar-refractivity contribution < 1.29 is 22.7 Å². The molecule has 4 rings (SSSR count). The molecule has 2 heterocycles. The molecule has 37 heavy (non-hydrogen) atoms. The number of benzene rings is 2. The topological polar surface area (TPSA) is 105 Å². The summed E-state index contributed by atoms with van der Waals surface area (Å²) in [6.07, 6.45) is -0.496. The molecule has 1 N–H and O–H groups in total. The number of aryl methyl sites for hydroxylation is 1. The maximum atomic E-state index is 13.5. The van der Waals surface area contributed by atoms with Crippen molar-refractivity contribution in [3.8, 4) is 0 Å². The molecule has 0 unspecified atom stereocenters. The summed E-state index contributed by atoms with van der Waals surface area (Å²) in [4.78, 5) is 32.4. The number of aliphatic imine (C=N–C) groups is 1. The van der Waals surface area contributed by atoms with Gasteiger partial charge in [-0.2, -0.15) is 4.99 Å². The van der Waals surface area contributed by atoms with Gasteiger partial charge < -0.3 is 15.0 Å². The van der Waals surface area contributed by atoms with Gasteiger partial charge in [-0.05, 0) is 51.0 Å². The second-order valence-corrected chi connectivity index (χ2v) is 14.0. The van der Waals surface area contributed by atoms with Crippen LogP contribution in [-0.4, -0.2) is 60.0 Å². The van der Waals surface area contributed by atoms with Gasteiger partial charge >= 0.3 is 6.09 Å². The van der Waals surface area contributed by atoms with Crippen molar-refractivity contribution >= 4 is 56.1 Å². The summed E-state index contributed by atoms with van der Waals surface area (Å²) in [5.41, 5.74) is 1.70. The van der Waals surface area contributed by atoms with Crippen LogP contribution in [0.2, 0.25) is 5.02 Å². The van der Waals surface area contributed by atoms with E-state index in [1.807, 2.05) is 48.2 Å². The van der Waals surface area contributed by atoms with Crippen molar-refractivity contribution in [2.45, 2.75) is 57.1 Å². The number of carbonyl (C=O) groups excluding carboxylic acids is 2. The zero-order valence-electron chi connectivity index (χ0n) is 21.1. The van der Waals surface area contributed by atoms with Crippen LogP contribution in [0.15, 0.2) is 53.5 Å². The molecule has 0 aliphatic carbocycles. The molecule has 2 aliphatic heterocycles. The van der Waals surface area contributed by atoms with Gasteiger partial charge in [-0.3, -0.25) is 4.79 Å². The highest BCUT2D eigenvalue weighted by molar-refractivity contribution is 8.16. The van der Waals surface area contributed by atoms with E-state index in [9.17, 15) is 18.0 Å². The third-order valence-corrected chi connectivity index (χ3v) is 9.42. The first kappa shape index (κ1) is 27.5. The molecule has 3 atom stereocenters. The van der Waals surface area contributed by atoms with Crippen molar-refractivity contribution in [3.05, 3.63) is 64.7 Å². The van der Waals surface area contributed by atoms with Crippen molar-refractivity contribution in [2.75, 3.05) is 16.4 Å². The van der Waals surface area contributed by atoms with Crippen LogP contribution in [0.1, 0.15) is 31.9 Å². The Hall–Kier alpha value is -2.56. The molecule has 0 aromatic heterocycles. The Morgan fingerprint density at radius 2 is 1.89 bits per heavy atom. The third-order valence-electron chi connectivity index (χ3n) is 5.97. The molecule has 0 radical (unpaired) electrons. The molecule has 2 aliphatic rings. The number of nitrogens with one attached hydrogen (secondary N) is 1. The highest BCUT2D eigenvalue weighted by Crippen LogP contribution is 2.42. The van der Waals surface area contributed by atoms with Crippen LogP contribution in [0.25, 0.3) is 0 Å². The number of sulfone groups is 1. The standard InChI is InChI=1S/C26H30ClN3O5S2/c1-16-10-11-18(27)13-20(16)30-21-14-37(33,34)15-22(21)36-24(30)29-23(31)19(12-17-8-6-5-7-9-17)28-25(32)35-26(2,3)4/h5-11,13,19,21-22H,12,14-15H2,1-4H3,(H,28,32)/t19-,21+,22+/m0/s1. The smallest absolute Gasteiger partial charge is 0.408 e. The number of carbonyl (C=O) groups is 2. The summed E-state index contributed by atoms with van der Waals surface area (Å²) in [6.45, 7) is 7.13. The molecule has 2 aromatic rings. The molecule has 2 fully saturated rings. The first-order valence-electron chi connectivity index (χ1n) is 11.9. The monoisotopic (exact) mass is 563 g/mol. The predicted molar refractivity (Wildman–Crippen MR) is 148 cm³/mol. The van der Waals surface area contributed by atoms with Crippen molar-refractivity contribution in [1.29, 1.82) is 0 Å². The van der Waals surface area contributed by atoms with Crippen molar-refractivity contribution in [1.82, 2.24) is 5.32 Å². The van der Waals surface area contributed by atoms with Crippen LogP contribution in [0.5, 0.6) is 0 Å². The normalized spacial score (nSPS) is 22.5. The fraction of sp³-hybridized carbons (Fsp3) is 0.423. The maximum Gasteiger partial charge on any atom is 0.408 e. The second-order valence-electron chi connectivity index (χ2n) is 10.2. The van der Waals surface area contributed by atoms with Gasteiger partial charge in [0.25, 0.3) is 5.91 Å². The van der Waals surface area contributed by atoms with E-state index < -0.39 is 33.5 Å². The Morgan fingerprint density at radius 3 is 2.57 bits per heavy atom. The first-order valence-corrected chi connectivity index (χ1v) is 15.0. The van der Waals surface area contributed by atoms with Crippen LogP contribution in [0.4, 0.5) is 10.5 Å². The van der Waals surface area contributed by atoms with Gasteiger partial charge in [0.05, 0.1) is 17.5 Å². The van der Waals surface area contributed by atoms with E-state index >= 15 is 0 Å². The number of thioether (sulfide) groups is 1. The minimum atomic E-state index is -3.22. The summed E-state index contributed by atoms with van der Waals surface area (Å²) in [5, 5.41) is 3.30. The zero-order valence-corrected chi connectivity index (χ0v) is 23.5. The van der Waals surface area contributed by atoms with E-state index in [-0.39, 0.29) is 29.2 Å². The van der Waals surface area contributed by atoms with Crippen molar-refractivity contribution in [3.63, 3.8) is 0 Å². The number of alkyl carbamates (subject to hydrolysis) is 1. The predicted octanol–water partition coefficient (Wildman–Crippen LogP) is 4.39. The average molecular weight is 564 g/mol. The Labute approximate surface area is 226 Å². The quantitative estimate of drug-likeness (QED) is 0.575. The molecule has 198 valence electrons. The Kier molecular flexibility index (Phi) is 7.92. The number of nitrogens with zero attached hydrogens (tertiary/aromatic N) is 2. The molecule has 0 saturated carbocycles. The SMILES string of the molecule is Cc1ccc(Cl)cc1N1C(=NC(=O)[C@H](Cc2ccccc2)NC(=O)OC(C)(C)C)S[C@@H]2CS(=O)(=O)C[C@H]21. The molecule has 2 amide bonds. The lowest BCUT2D eigenvalue weighted by atomic mass is 10.1. The number of rotatable bonds is 5. The fourth-order valence-corrected chi connectivity index (χ4v) is 8.44. The molecular formula is C26H30ClN3O5S2. The van der Waals surface area contributed by atoms with E-state index in [2.05, 4.69) is 10.3 Å². The lowest BCUT2D eigenvalue weighted by Crippen LogP contribution is -2.45. The third kappa shape index (κ3) is 6.86. The molecule has 2 aromatic carbocycles. The van der Waals surface area contributed by atoms with Crippen LogP contribution in [0.3, 0.4) is 0 Å². The van der Waals surface area contributed by atoms with Gasteiger partial charge in [-0.1, -0.05) is 59.8 Å². The summed E-state index contributed by atoms with van der Waals surface area (Å²) in [7, 11) is -3.22. The molecule has 11 heteroatoms. The summed E-state index contributed by atoms with van der Waals surface area (Å²) < 4.78 is 30.2. The second kappa shape index (κ2) is 10.7. The van der Waals surface area contributed by atoms with Crippen LogP contribution in [-0.2, 0) is 25.8 Å². The number of amidine groups is 1. The highest BCUT2D eigenvalue weighted by atomic mass is 35.5. The van der Waals surface area contributed by atoms with E-state index in [0.29, 0.717) is 15.9 Å². The van der Waals surface area contributed by atoms with Crippen LogP contribution < -0.4 is 10.2 Å². The van der Waals surface area contributed by atoms with Gasteiger partial charge in [0.2, 0.25) is 0 Å². The summed E-state index contributed by atoms with van der Waals surface area (Å²) in [6, 6.07) is 13.3. The summed E-state index contributed by atoms with van der Waals surface area (Å²) in [5.74, 6) is -0.576. The number of hydrogen-bond donors (Lipinski definition) is 1. The number of ether oxygens (including phenoxy) is 1. The Balaban J connectivity index is 1.68. The number of fused-ring (bicyclic) bond motifs is 1. The lowest BCUT2D eigenvalue weighted by molar-refractivity contribution is -0.119. The van der Waals surface area contributed by atoms with E-state index in [1.165, 1.54) is 11.8 Å². The fourth-order valence-electron chi connectivity index (χ4n) is 4.36. The molecule has 8 nitrogen and oxygen atoms in total. The number of hydrogen-bond acceptors (Lipinski definition) is 6. The minimum absolute atomic E-state index is 0.00919. The zero-order chi connectivity index (χ0) is 27.0. The highest BCUT2D eigenvalue weighted by Gasteiger charge is 2.50. The molecular weight excluding hydrogens is 534 g/mol. The van der Waals surface area contributed by atoms with Crippen LogP contribution >= 0.6 is 23.4 Å². The number of anilines is 1. The van der Waals surface area contributed by atoms with E-state index in [1.54, 1.807) is 32.9 Å². The van der Waals surface area contributed by atoms with E-state index in [4.69, 9.17) is 16.3 Å². The van der Waals surface area contributed by atoms with Gasteiger partial charge in [-0.15, -0.1) is 0 Å². The largest absolute Gasteiger partial charge is 0.444 e. The molecule has 2 saturated heterocycles. The molecule has 0 bridgehead atoms. The lowest BCUT2D eigenvalue weighted by Gasteiger charge is -2.27. The maximum absolute atomic E-state index is 13.5. The van der Waals surface area contributed by atoms with Crippen molar-refractivity contribution in [2.24, 2.45) is 4.99 Å². The van der Waals surface area contributed by atoms with Crippen LogP contribution in [0, 0.1) is 6.92 Å². The van der Waals surface area contributed by atoms with Gasteiger partial charge in [0.15, 0.2) is 15.0 Å². The first-order chi connectivity index (χ1) is 17.3. The van der Waals surface area contributed by atoms with Gasteiger partial charge in [0.1, 0.15) is 11.6 Å². The Bertz CT molecular complexity index is 1330. The average Bonchev–Trinajstić information content (AvgIpc) is 3.25. The minimum Gasteiger partial charge on any atom is -0.444 e. The van der Waals surface area contributed by atoms with Gasteiger partial charge in [-0.25, -0.2) is 13.2 Å². The number of amides is 2. The summed E-state index contributed by atoms with van der Waals surface area (Å²) >= 11 is 7.55. The van der Waals surface area contributed by atoms with E-state index in [0.717, 1.165) is 11.1 Å². The Morgan fingerprint density at radius 1 is 1.19 bits per heavy atom. The number of halogens is 1.